The Morgan fingerprint density at radius 3 is 2.06 bits per heavy atom. The molecule has 2 aromatic carbocycles. The number of rotatable bonds is 0. The number of benzene rings is 2. The van der Waals surface area contributed by atoms with Crippen LogP contribution < -0.4 is 0 Å². The first-order valence-electron chi connectivity index (χ1n) is 5.23. The van der Waals surface area contributed by atoms with Gasteiger partial charge in [0.25, 0.3) is 0 Å². The molecule has 0 saturated heterocycles. The summed E-state index contributed by atoms with van der Waals surface area (Å²) in [5.41, 5.74) is 1.65. The molecule has 0 nitrogen and oxygen atoms in total. The average molecular weight is 334 g/mol. The molecule has 0 saturated carbocycles. The predicted molar refractivity (Wildman–Crippen MR) is 75.0 cm³/mol. The molecule has 0 aliphatic carbocycles. The molecule has 0 bridgehead atoms. The van der Waals surface area contributed by atoms with Gasteiger partial charge in [0.15, 0.2) is 0 Å². The van der Waals surface area contributed by atoms with Crippen LogP contribution in [0, 0.1) is 25.5 Å². The largest absolute Gasteiger partial charge is 0.207 e. The van der Waals surface area contributed by atoms with E-state index in [9.17, 15) is 8.78 Å². The van der Waals surface area contributed by atoms with Crippen LogP contribution in [-0.2, 0) is 0 Å². The summed E-state index contributed by atoms with van der Waals surface area (Å²) in [6.45, 7) is 3.60. The fourth-order valence-corrected chi connectivity index (χ4v) is 1.74. The molecule has 0 amide bonds. The summed E-state index contributed by atoms with van der Waals surface area (Å²) in [6.07, 6.45) is 0. The van der Waals surface area contributed by atoms with Crippen molar-refractivity contribution in [2.24, 2.45) is 0 Å². The van der Waals surface area contributed by atoms with Crippen LogP contribution in [0.15, 0.2) is 40.9 Å². The normalized spacial score (nSPS) is 9.67. The first kappa shape index (κ1) is 15.1. The lowest BCUT2D eigenvalue weighted by atomic mass is 10.2. The second kappa shape index (κ2) is 6.86. The SMILES string of the molecule is Cc1ccc(Br)cc1F.Cc1ccc(F)c(Cl)c1. The van der Waals surface area contributed by atoms with Crippen molar-refractivity contribution >= 4 is 27.5 Å². The third-order valence-electron chi connectivity index (χ3n) is 2.21. The van der Waals surface area contributed by atoms with Gasteiger partial charge in [-0.05, 0) is 49.2 Å². The molecule has 96 valence electrons. The highest BCUT2D eigenvalue weighted by Gasteiger charge is 1.95. The van der Waals surface area contributed by atoms with E-state index >= 15 is 0 Å². The summed E-state index contributed by atoms with van der Waals surface area (Å²) in [7, 11) is 0. The number of hydrogen-bond acceptors (Lipinski definition) is 0. The van der Waals surface area contributed by atoms with Crippen LogP contribution in [0.3, 0.4) is 0 Å². The zero-order valence-corrected chi connectivity index (χ0v) is 12.3. The average Bonchev–Trinajstić information content (AvgIpc) is 2.30. The van der Waals surface area contributed by atoms with Crippen molar-refractivity contribution in [2.45, 2.75) is 13.8 Å². The zero-order chi connectivity index (χ0) is 13.7. The van der Waals surface area contributed by atoms with E-state index in [4.69, 9.17) is 11.6 Å². The molecule has 18 heavy (non-hydrogen) atoms. The highest BCUT2D eigenvalue weighted by atomic mass is 79.9. The quantitative estimate of drug-likeness (QED) is 0.581. The lowest BCUT2D eigenvalue weighted by Gasteiger charge is -1.93. The number of hydrogen-bond donors (Lipinski definition) is 0. The van der Waals surface area contributed by atoms with Crippen molar-refractivity contribution in [1.29, 1.82) is 0 Å². The number of aryl methyl sites for hydroxylation is 2. The Morgan fingerprint density at radius 2 is 1.61 bits per heavy atom. The summed E-state index contributed by atoms with van der Waals surface area (Å²) in [4.78, 5) is 0. The molecular formula is C14H12BrClF2. The monoisotopic (exact) mass is 332 g/mol. The molecule has 0 heterocycles. The van der Waals surface area contributed by atoms with E-state index in [2.05, 4.69) is 15.9 Å². The van der Waals surface area contributed by atoms with E-state index in [1.165, 1.54) is 12.1 Å². The summed E-state index contributed by atoms with van der Waals surface area (Å²) >= 11 is 8.60. The predicted octanol–water partition coefficient (Wildman–Crippen LogP) is 5.68. The minimum Gasteiger partial charge on any atom is -0.207 e. The molecule has 0 fully saturated rings. The van der Waals surface area contributed by atoms with Gasteiger partial charge in [0.2, 0.25) is 0 Å². The molecule has 0 aromatic heterocycles. The van der Waals surface area contributed by atoms with Gasteiger partial charge in [0.05, 0.1) is 5.02 Å². The topological polar surface area (TPSA) is 0 Å². The summed E-state index contributed by atoms with van der Waals surface area (Å²) in [5, 5.41) is 0.190. The van der Waals surface area contributed by atoms with E-state index in [0.29, 0.717) is 5.56 Å². The van der Waals surface area contributed by atoms with E-state index < -0.39 is 0 Å². The minimum absolute atomic E-state index is 0.163. The van der Waals surface area contributed by atoms with Gasteiger partial charge in [-0.15, -0.1) is 0 Å². The molecule has 0 radical (unpaired) electrons. The molecule has 4 heteroatoms. The minimum atomic E-state index is -0.359. The van der Waals surface area contributed by atoms with E-state index in [1.807, 2.05) is 13.0 Å². The maximum atomic E-state index is 12.5. The molecule has 0 unspecified atom stereocenters. The van der Waals surface area contributed by atoms with Crippen LogP contribution in [0.4, 0.5) is 8.78 Å². The third kappa shape index (κ3) is 4.75. The first-order valence-corrected chi connectivity index (χ1v) is 6.40. The van der Waals surface area contributed by atoms with Gasteiger partial charge in [-0.25, -0.2) is 8.78 Å². The lowest BCUT2D eigenvalue weighted by molar-refractivity contribution is 0.617. The van der Waals surface area contributed by atoms with Crippen LogP contribution in [0.25, 0.3) is 0 Å². The van der Waals surface area contributed by atoms with Gasteiger partial charge in [0.1, 0.15) is 11.6 Å². The van der Waals surface area contributed by atoms with Gasteiger partial charge >= 0.3 is 0 Å². The van der Waals surface area contributed by atoms with Gasteiger partial charge in [-0.1, -0.05) is 39.7 Å². The Bertz CT molecular complexity index is 492. The molecule has 0 aliphatic rings. The Hall–Kier alpha value is -0.930. The summed E-state index contributed by atoms with van der Waals surface area (Å²) in [6, 6.07) is 9.64. The number of halogens is 4. The van der Waals surface area contributed by atoms with Crippen LogP contribution >= 0.6 is 27.5 Å². The van der Waals surface area contributed by atoms with Crippen molar-refractivity contribution in [3.8, 4) is 0 Å². The highest BCUT2D eigenvalue weighted by Crippen LogP contribution is 2.15. The fourth-order valence-electron chi connectivity index (χ4n) is 1.17. The van der Waals surface area contributed by atoms with Crippen molar-refractivity contribution in [3.05, 3.63) is 68.7 Å². The van der Waals surface area contributed by atoms with Gasteiger partial charge < -0.3 is 0 Å². The van der Waals surface area contributed by atoms with Crippen LogP contribution in [0.1, 0.15) is 11.1 Å². The third-order valence-corrected chi connectivity index (χ3v) is 2.99. The second-order valence-corrected chi connectivity index (χ2v) is 5.13. The summed E-state index contributed by atoms with van der Waals surface area (Å²) in [5.74, 6) is -0.522. The summed E-state index contributed by atoms with van der Waals surface area (Å²) < 4.78 is 25.7. The Balaban J connectivity index is 0.000000180. The molecule has 2 aromatic rings. The first-order chi connectivity index (χ1) is 8.40. The fraction of sp³-hybridized carbons (Fsp3) is 0.143. The molecule has 0 N–H and O–H groups in total. The van der Waals surface area contributed by atoms with E-state index in [1.54, 1.807) is 25.1 Å². The van der Waals surface area contributed by atoms with E-state index in [0.717, 1.165) is 10.0 Å². The molecular weight excluding hydrogens is 322 g/mol. The highest BCUT2D eigenvalue weighted by molar-refractivity contribution is 9.10. The van der Waals surface area contributed by atoms with Crippen LogP contribution in [0.2, 0.25) is 5.02 Å². The zero-order valence-electron chi connectivity index (χ0n) is 9.98. The van der Waals surface area contributed by atoms with Crippen molar-refractivity contribution in [3.63, 3.8) is 0 Å². The maximum absolute atomic E-state index is 12.5. The second-order valence-electron chi connectivity index (χ2n) is 3.81. The molecule has 0 aliphatic heterocycles. The molecule has 0 atom stereocenters. The Labute approximate surface area is 119 Å². The lowest BCUT2D eigenvalue weighted by Crippen LogP contribution is -1.78. The van der Waals surface area contributed by atoms with Gasteiger partial charge in [-0.3, -0.25) is 0 Å². The van der Waals surface area contributed by atoms with Crippen molar-refractivity contribution in [1.82, 2.24) is 0 Å². The van der Waals surface area contributed by atoms with Crippen LogP contribution in [-0.4, -0.2) is 0 Å². The standard InChI is InChI=1S/C7H6BrF.C7H6ClF/c1-5-2-3-6(8)4-7(5)9;1-5-2-3-7(9)6(8)4-5/h2*2-4H,1H3. The van der Waals surface area contributed by atoms with Crippen molar-refractivity contribution in [2.75, 3.05) is 0 Å². The van der Waals surface area contributed by atoms with Gasteiger partial charge in [0, 0.05) is 4.47 Å². The Kier molecular flexibility index (Phi) is 5.76. The molecule has 2 rings (SSSR count). The van der Waals surface area contributed by atoms with Crippen LogP contribution in [0.5, 0.6) is 0 Å². The molecule has 0 spiro atoms. The van der Waals surface area contributed by atoms with Gasteiger partial charge in [-0.2, -0.15) is 0 Å². The van der Waals surface area contributed by atoms with Crippen molar-refractivity contribution < 1.29 is 8.78 Å². The van der Waals surface area contributed by atoms with E-state index in [-0.39, 0.29) is 16.7 Å². The maximum Gasteiger partial charge on any atom is 0.141 e. The Morgan fingerprint density at radius 1 is 0.944 bits per heavy atom. The smallest absolute Gasteiger partial charge is 0.141 e.